The molecule has 0 N–H and O–H groups in total. The van der Waals surface area contributed by atoms with E-state index in [2.05, 4.69) is 134 Å². The van der Waals surface area contributed by atoms with Gasteiger partial charge in [-0.1, -0.05) is 79.5 Å². The summed E-state index contributed by atoms with van der Waals surface area (Å²) in [5.74, 6) is 0.964. The van der Waals surface area contributed by atoms with Crippen LogP contribution < -0.4 is 10.2 Å². The van der Waals surface area contributed by atoms with E-state index in [1.54, 1.807) is 0 Å². The van der Waals surface area contributed by atoms with Crippen molar-refractivity contribution in [3.8, 4) is 0 Å². The fraction of sp³-hybridized carbons (Fsp3) is 0.364. The fourth-order valence-electron chi connectivity index (χ4n) is 5.18. The van der Waals surface area contributed by atoms with Crippen LogP contribution in [0.1, 0.15) is 58.2 Å². The number of fused-ring (bicyclic) bond motifs is 3. The van der Waals surface area contributed by atoms with Crippen LogP contribution in [0, 0.1) is 0 Å². The Morgan fingerprint density at radius 3 is 2.05 bits per heavy atom. The first-order chi connectivity index (χ1) is 17.1. The van der Waals surface area contributed by atoms with Crippen LogP contribution in [-0.4, -0.2) is 42.4 Å². The quantitative estimate of drug-likeness (QED) is 0.298. The number of hydrogen-bond acceptors (Lipinski definition) is 1. The molecular formula is C33H44N3P+2. The van der Waals surface area contributed by atoms with E-state index in [1.165, 1.54) is 27.3 Å². The first kappa shape index (κ1) is 27.3. The average Bonchev–Trinajstić information content (AvgIpc) is 3.14. The molecule has 0 radical (unpaired) electrons. The van der Waals surface area contributed by atoms with Gasteiger partial charge in [0.25, 0.3) is 5.84 Å². The van der Waals surface area contributed by atoms with Gasteiger partial charge in [0.05, 0.1) is 33.0 Å². The van der Waals surface area contributed by atoms with Gasteiger partial charge in [0, 0.05) is 16.9 Å². The predicted molar refractivity (Wildman–Crippen MR) is 164 cm³/mol. The molecule has 1 atom stereocenters. The number of likely N-dealkylation sites (N-methyl/N-ethyl adjacent to an activating group) is 1. The Kier molecular flexibility index (Phi) is 6.81. The Morgan fingerprint density at radius 2 is 1.51 bits per heavy atom. The molecule has 3 nitrogen and oxygen atoms in total. The molecule has 2 heterocycles. The van der Waals surface area contributed by atoms with Gasteiger partial charge in [-0.2, -0.15) is 4.90 Å². The molecule has 0 saturated carbocycles. The number of allylic oxidation sites excluding steroid dienone is 1. The summed E-state index contributed by atoms with van der Waals surface area (Å²) in [6, 6.07) is 15.8. The van der Waals surface area contributed by atoms with E-state index in [0.29, 0.717) is 0 Å². The van der Waals surface area contributed by atoms with E-state index < -0.39 is 8.07 Å². The molecule has 37 heavy (non-hydrogen) atoms. The van der Waals surface area contributed by atoms with Crippen molar-refractivity contribution >= 4 is 30.6 Å². The zero-order chi connectivity index (χ0) is 27.5. The second kappa shape index (κ2) is 9.22. The van der Waals surface area contributed by atoms with E-state index in [-0.39, 0.29) is 10.8 Å². The van der Waals surface area contributed by atoms with Gasteiger partial charge in [-0.15, -0.1) is 0 Å². The van der Waals surface area contributed by atoms with Crippen LogP contribution >= 0.6 is 8.07 Å². The Morgan fingerprint density at radius 1 is 0.946 bits per heavy atom. The Bertz CT molecular complexity index is 1330. The first-order valence-electron chi connectivity index (χ1n) is 13.1. The largest absolute Gasteiger partial charge is 0.304 e. The van der Waals surface area contributed by atoms with Crippen LogP contribution in [0.25, 0.3) is 5.70 Å². The number of amidine groups is 1. The lowest BCUT2D eigenvalue weighted by molar-refractivity contribution is -0.751. The average molecular weight is 514 g/mol. The third kappa shape index (κ3) is 4.80. The maximum absolute atomic E-state index is 4.78. The zero-order valence-corrected chi connectivity index (χ0v) is 25.2. The van der Waals surface area contributed by atoms with Gasteiger partial charge in [-0.3, -0.25) is 0 Å². The molecule has 2 aliphatic heterocycles. The van der Waals surface area contributed by atoms with Crippen molar-refractivity contribution in [1.29, 1.82) is 0 Å². The maximum atomic E-state index is 4.78. The molecule has 2 aromatic rings. The number of nitrogens with zero attached hydrogens (tertiary/aromatic N) is 3. The van der Waals surface area contributed by atoms with E-state index >= 15 is 0 Å². The van der Waals surface area contributed by atoms with Crippen molar-refractivity contribution in [3.05, 3.63) is 102 Å². The van der Waals surface area contributed by atoms with Crippen LogP contribution in [0.4, 0.5) is 5.69 Å². The van der Waals surface area contributed by atoms with Crippen LogP contribution in [0.3, 0.4) is 0 Å². The third-order valence-corrected chi connectivity index (χ3v) is 10.6. The summed E-state index contributed by atoms with van der Waals surface area (Å²) in [7, 11) is 6.07. The van der Waals surface area contributed by atoms with Gasteiger partial charge in [-0.25, -0.2) is 4.58 Å². The highest BCUT2D eigenvalue weighted by atomic mass is 31.1. The molecule has 4 heteroatoms. The van der Waals surface area contributed by atoms with E-state index in [9.17, 15) is 0 Å². The second-order valence-electron chi connectivity index (χ2n) is 12.8. The lowest BCUT2D eigenvalue weighted by Crippen LogP contribution is -2.36. The summed E-state index contributed by atoms with van der Waals surface area (Å²) in [6.07, 6.45) is 4.35. The minimum Gasteiger partial charge on any atom is -0.304 e. The molecule has 0 aliphatic carbocycles. The van der Waals surface area contributed by atoms with E-state index in [0.717, 1.165) is 33.7 Å². The first-order valence-corrected chi connectivity index (χ1v) is 14.4. The standard InChI is InChI=1S/C33H44N3P/c1-13-31-34(10)23(2)28-16-14-15-17-30(28)37-29(18-19-36(37,11)12)24(3)35(31)27-21-25(32(4,5)6)20-26(22-27)33(7,8)9/h13-18,20-22H,1-3,19H2,4-12H3/q+2. The highest BCUT2D eigenvalue weighted by Gasteiger charge is 2.46. The minimum absolute atomic E-state index is 0.00910. The second-order valence-corrected chi connectivity index (χ2v) is 15.5. The van der Waals surface area contributed by atoms with Crippen molar-refractivity contribution in [2.24, 2.45) is 0 Å². The van der Waals surface area contributed by atoms with E-state index in [1.807, 2.05) is 6.08 Å². The van der Waals surface area contributed by atoms with Gasteiger partial charge in [0.2, 0.25) is 0 Å². The summed E-state index contributed by atoms with van der Waals surface area (Å²) in [5, 5.41) is 2.68. The Labute approximate surface area is 226 Å². The van der Waals surface area contributed by atoms with Gasteiger partial charge in [0.15, 0.2) is 8.07 Å². The molecule has 0 amide bonds. The molecular weight excluding hydrogens is 469 g/mol. The van der Waals surface area contributed by atoms with Gasteiger partial charge >= 0.3 is 0 Å². The van der Waals surface area contributed by atoms with Crippen LogP contribution in [0.15, 0.2) is 85.4 Å². The van der Waals surface area contributed by atoms with Crippen LogP contribution in [-0.2, 0) is 10.8 Å². The molecule has 0 fully saturated rings. The van der Waals surface area contributed by atoms with Crippen molar-refractivity contribution in [1.82, 2.24) is 0 Å². The fourth-order valence-corrected chi connectivity index (χ4v) is 8.11. The summed E-state index contributed by atoms with van der Waals surface area (Å²) < 4.78 is 3.08. The molecule has 0 saturated heterocycles. The van der Waals surface area contributed by atoms with Crippen molar-refractivity contribution in [3.63, 3.8) is 0 Å². The topological polar surface area (TPSA) is 6.25 Å². The summed E-state index contributed by atoms with van der Waals surface area (Å²) in [6.45, 7) is 28.3. The maximum Gasteiger partial charge on any atom is 0.286 e. The van der Waals surface area contributed by atoms with Crippen molar-refractivity contribution < 1.29 is 8.83 Å². The molecule has 0 aromatic heterocycles. The molecule has 2 aromatic carbocycles. The summed E-state index contributed by atoms with van der Waals surface area (Å²) in [5.41, 5.74) is 6.96. The monoisotopic (exact) mass is 513 g/mol. The van der Waals surface area contributed by atoms with Crippen LogP contribution in [0.2, 0.25) is 0 Å². The normalized spacial score (nSPS) is 20.1. The number of benzene rings is 2. The SMILES string of the molecule is C=CC1=[N+](C)C(=C)c2ccccc2P2C(=CC[N+]2(C)C)C(=C)N1c1cc(C(C)(C)C)cc(C(C)(C)C)c1. The predicted octanol–water partition coefficient (Wildman–Crippen LogP) is 7.51. The number of quaternary nitrogens is 1. The van der Waals surface area contributed by atoms with Gasteiger partial charge in [0.1, 0.15) is 17.1 Å². The molecule has 0 spiro atoms. The molecule has 2 aliphatic rings. The highest BCUT2D eigenvalue weighted by molar-refractivity contribution is 7.65. The zero-order valence-electron chi connectivity index (χ0n) is 24.3. The lowest BCUT2D eigenvalue weighted by Gasteiger charge is -2.33. The van der Waals surface area contributed by atoms with Gasteiger partial charge < -0.3 is 4.25 Å². The summed E-state index contributed by atoms with van der Waals surface area (Å²) >= 11 is 0. The third-order valence-electron chi connectivity index (χ3n) is 7.58. The molecule has 4 rings (SSSR count). The Balaban J connectivity index is 2.08. The van der Waals surface area contributed by atoms with Crippen LogP contribution in [0.5, 0.6) is 0 Å². The molecule has 1 unspecified atom stereocenters. The molecule has 194 valence electrons. The molecule has 0 bridgehead atoms. The number of rotatable bonds is 2. The number of anilines is 1. The highest BCUT2D eigenvalue weighted by Crippen LogP contribution is 2.59. The number of hydrogen-bond donors (Lipinski definition) is 0. The summed E-state index contributed by atoms with van der Waals surface area (Å²) in [4.78, 5) is 2.32. The minimum atomic E-state index is -0.704. The van der Waals surface area contributed by atoms with E-state index in [4.69, 9.17) is 6.58 Å². The van der Waals surface area contributed by atoms with Crippen molar-refractivity contribution in [2.45, 2.75) is 52.4 Å². The Hall–Kier alpha value is -2.74. The smallest absolute Gasteiger partial charge is 0.286 e. The van der Waals surface area contributed by atoms with Crippen molar-refractivity contribution in [2.75, 3.05) is 32.6 Å². The lowest BCUT2D eigenvalue weighted by atomic mass is 9.80. The van der Waals surface area contributed by atoms with Gasteiger partial charge in [-0.05, 0) is 52.3 Å².